The van der Waals surface area contributed by atoms with Crippen molar-refractivity contribution in [2.75, 3.05) is 0 Å². The highest BCUT2D eigenvalue weighted by atomic mass is 28.4. The van der Waals surface area contributed by atoms with Gasteiger partial charge in [-0.1, -0.05) is 25.2 Å². The molecule has 1 atom stereocenters. The van der Waals surface area contributed by atoms with Crippen LogP contribution in [0.25, 0.3) is 0 Å². The normalized spacial score (nSPS) is 15.1. The quantitative estimate of drug-likeness (QED) is 0.411. The van der Waals surface area contributed by atoms with Crippen LogP contribution in [0.4, 0.5) is 13.2 Å². The van der Waals surface area contributed by atoms with E-state index in [1.165, 1.54) is 0 Å². The largest absolute Gasteiger partial charge is 0.426 e. The van der Waals surface area contributed by atoms with Crippen LogP contribution in [0.5, 0.6) is 0 Å². The van der Waals surface area contributed by atoms with Crippen LogP contribution in [0, 0.1) is 0 Å². The van der Waals surface area contributed by atoms with Crippen molar-refractivity contribution in [2.24, 2.45) is 0 Å². The van der Waals surface area contributed by atoms with Crippen LogP contribution in [0.2, 0.25) is 38.3 Å². The molecule has 0 amide bonds. The number of halogens is 3. The Balaban J connectivity index is 4.94. The van der Waals surface area contributed by atoms with Crippen LogP contribution >= 0.6 is 0 Å². The molecule has 0 aliphatic rings. The summed E-state index contributed by atoms with van der Waals surface area (Å²) < 4.78 is 44.6. The maximum atomic E-state index is 13.1. The van der Waals surface area contributed by atoms with Gasteiger partial charge < -0.3 is 9.41 Å². The van der Waals surface area contributed by atoms with Crippen LogP contribution in [0.3, 0.4) is 0 Å². The van der Waals surface area contributed by atoms with Gasteiger partial charge in [0.15, 0.2) is 14.5 Å². The van der Waals surface area contributed by atoms with Gasteiger partial charge in [-0.3, -0.25) is 0 Å². The van der Waals surface area contributed by atoms with Crippen LogP contribution in [0.1, 0.15) is 0 Å². The molecule has 0 saturated heterocycles. The zero-order valence-electron chi connectivity index (χ0n) is 12.1. The molecule has 112 valence electrons. The fourth-order valence-corrected chi connectivity index (χ4v) is 5.18. The maximum Gasteiger partial charge on any atom is 0.426 e. The van der Waals surface area contributed by atoms with Crippen molar-refractivity contribution in [3.8, 4) is 0 Å². The Morgan fingerprint density at radius 3 is 1.95 bits per heavy atom. The Hall–Kier alpha value is -0.376. The molecule has 0 aliphatic carbocycles. The van der Waals surface area contributed by atoms with E-state index in [9.17, 15) is 13.2 Å². The van der Waals surface area contributed by atoms with Gasteiger partial charge in [-0.05, 0) is 25.2 Å². The van der Waals surface area contributed by atoms with E-state index in [0.717, 1.165) is 0 Å². The predicted molar refractivity (Wildman–Crippen MR) is 79.0 cm³/mol. The summed E-state index contributed by atoms with van der Waals surface area (Å²) in [6.07, 6.45) is -3.03. The lowest BCUT2D eigenvalue weighted by Gasteiger charge is -2.35. The topological polar surface area (TPSA) is 21.3 Å². The first-order chi connectivity index (χ1) is 8.43. The number of allylic oxidation sites excluding steroid dienone is 2. The minimum Gasteiger partial charge on any atom is -0.395 e. The summed E-state index contributed by atoms with van der Waals surface area (Å²) in [4.78, 5) is 2.67. The van der Waals surface area contributed by atoms with Crippen LogP contribution in [0.15, 0.2) is 25.3 Å². The summed E-state index contributed by atoms with van der Waals surface area (Å²) in [5.74, 6) is 0. The third-order valence-electron chi connectivity index (χ3n) is 2.55. The van der Waals surface area contributed by atoms with Gasteiger partial charge in [0.2, 0.25) is 0 Å². The molecule has 0 aromatic rings. The standard InChI is InChI=1S/C12H24F3NOSi2/c1-7-9-18(3,4)16-11(12(13,14)15)17-19(5,6)10-8-2/h7-8,11,16H,1-2,9-10H2,3-6H3. The molecule has 1 N–H and O–H groups in total. The Labute approximate surface area is 115 Å². The van der Waals surface area contributed by atoms with Gasteiger partial charge in [-0.2, -0.15) is 13.2 Å². The number of nitrogens with one attached hydrogen (secondary N) is 1. The molecule has 0 fully saturated rings. The highest BCUT2D eigenvalue weighted by Gasteiger charge is 2.46. The summed E-state index contributed by atoms with van der Waals surface area (Å²) in [5.41, 5.74) is 0. The first-order valence-electron chi connectivity index (χ1n) is 6.17. The molecule has 0 aliphatic heterocycles. The lowest BCUT2D eigenvalue weighted by atomic mass is 10.6. The second-order valence-electron chi connectivity index (χ2n) is 5.81. The van der Waals surface area contributed by atoms with Crippen molar-refractivity contribution < 1.29 is 17.6 Å². The van der Waals surface area contributed by atoms with Gasteiger partial charge in [0.1, 0.15) is 8.24 Å². The Morgan fingerprint density at radius 1 is 1.11 bits per heavy atom. The molecule has 0 heterocycles. The Kier molecular flexibility index (Phi) is 6.73. The molecule has 0 rings (SSSR count). The summed E-state index contributed by atoms with van der Waals surface area (Å²) in [6, 6.07) is 1.05. The van der Waals surface area contributed by atoms with E-state index in [1.807, 2.05) is 13.1 Å². The molecule has 7 heteroatoms. The Morgan fingerprint density at radius 2 is 1.58 bits per heavy atom. The number of hydrogen-bond donors (Lipinski definition) is 1. The second-order valence-corrected chi connectivity index (χ2v) is 14.4. The van der Waals surface area contributed by atoms with E-state index in [4.69, 9.17) is 4.43 Å². The van der Waals surface area contributed by atoms with Crippen LogP contribution in [-0.4, -0.2) is 29.0 Å². The molecule has 0 saturated carbocycles. The van der Waals surface area contributed by atoms with Gasteiger partial charge >= 0.3 is 6.18 Å². The smallest absolute Gasteiger partial charge is 0.395 e. The van der Waals surface area contributed by atoms with E-state index in [2.05, 4.69) is 18.1 Å². The SMILES string of the molecule is C=CC[Si](C)(C)NC(O[Si](C)(C)CC=C)C(F)(F)F. The summed E-state index contributed by atoms with van der Waals surface area (Å²) in [6.45, 7) is 14.3. The maximum absolute atomic E-state index is 13.1. The lowest BCUT2D eigenvalue weighted by molar-refractivity contribution is -0.202. The third-order valence-corrected chi connectivity index (χ3v) is 7.05. The predicted octanol–water partition coefficient (Wildman–Crippen LogP) is 4.26. The molecule has 0 aromatic carbocycles. The fourth-order valence-electron chi connectivity index (χ4n) is 1.67. The number of rotatable bonds is 8. The molecule has 0 bridgehead atoms. The monoisotopic (exact) mass is 311 g/mol. The molecule has 1 unspecified atom stereocenters. The van der Waals surface area contributed by atoms with Gasteiger partial charge in [-0.25, -0.2) is 0 Å². The van der Waals surface area contributed by atoms with Crippen molar-refractivity contribution in [2.45, 2.75) is 50.7 Å². The molecule has 0 spiro atoms. The first-order valence-corrected chi connectivity index (χ1v) is 12.5. The van der Waals surface area contributed by atoms with Gasteiger partial charge in [0.25, 0.3) is 0 Å². The minimum atomic E-state index is -4.41. The highest BCUT2D eigenvalue weighted by molar-refractivity contribution is 6.75. The fraction of sp³-hybridized carbons (Fsp3) is 0.667. The first kappa shape index (κ1) is 18.6. The number of alkyl halides is 3. The summed E-state index contributed by atoms with van der Waals surface area (Å²) in [5, 5.41) is 0. The van der Waals surface area contributed by atoms with Gasteiger partial charge in [-0.15, -0.1) is 13.2 Å². The van der Waals surface area contributed by atoms with E-state index in [1.54, 1.807) is 25.2 Å². The lowest BCUT2D eigenvalue weighted by Crippen LogP contribution is -2.59. The minimum absolute atomic E-state index is 0.491. The zero-order chi connectivity index (χ0) is 15.3. The summed E-state index contributed by atoms with van der Waals surface area (Å²) >= 11 is 0. The zero-order valence-corrected chi connectivity index (χ0v) is 14.1. The van der Waals surface area contributed by atoms with Crippen LogP contribution in [-0.2, 0) is 4.43 Å². The average molecular weight is 311 g/mol. The molecular formula is C12H24F3NOSi2. The van der Waals surface area contributed by atoms with Gasteiger partial charge in [0.05, 0.1) is 0 Å². The van der Waals surface area contributed by atoms with Crippen molar-refractivity contribution in [1.82, 2.24) is 4.98 Å². The number of hydrogen-bond acceptors (Lipinski definition) is 2. The average Bonchev–Trinajstić information content (AvgIpc) is 2.13. The highest BCUT2D eigenvalue weighted by Crippen LogP contribution is 2.27. The molecule has 0 radical (unpaired) electrons. The third kappa shape index (κ3) is 7.71. The molecule has 19 heavy (non-hydrogen) atoms. The Bertz CT molecular complexity index is 293. The van der Waals surface area contributed by atoms with E-state index >= 15 is 0 Å². The van der Waals surface area contributed by atoms with E-state index in [0.29, 0.717) is 12.1 Å². The van der Waals surface area contributed by atoms with Crippen molar-refractivity contribution in [1.29, 1.82) is 0 Å². The van der Waals surface area contributed by atoms with E-state index < -0.39 is 29.0 Å². The summed E-state index contributed by atoms with van der Waals surface area (Å²) in [7, 11) is -4.62. The second kappa shape index (κ2) is 6.87. The molecule has 0 aromatic heterocycles. The van der Waals surface area contributed by atoms with Crippen molar-refractivity contribution in [3.05, 3.63) is 25.3 Å². The van der Waals surface area contributed by atoms with Crippen molar-refractivity contribution >= 4 is 16.6 Å². The molecule has 2 nitrogen and oxygen atoms in total. The van der Waals surface area contributed by atoms with Crippen LogP contribution < -0.4 is 4.98 Å². The van der Waals surface area contributed by atoms with Gasteiger partial charge in [0, 0.05) is 0 Å². The van der Waals surface area contributed by atoms with Crippen molar-refractivity contribution in [3.63, 3.8) is 0 Å². The van der Waals surface area contributed by atoms with E-state index in [-0.39, 0.29) is 0 Å². The molecular weight excluding hydrogens is 287 g/mol.